The lowest BCUT2D eigenvalue weighted by atomic mass is 9.92. The lowest BCUT2D eigenvalue weighted by Crippen LogP contribution is -2.39. The summed E-state index contributed by atoms with van der Waals surface area (Å²) in [6.07, 6.45) is 4.92. The van der Waals surface area contributed by atoms with E-state index in [9.17, 15) is 0 Å². The first-order valence-corrected chi connectivity index (χ1v) is 6.44. The maximum atomic E-state index is 4.20. The van der Waals surface area contributed by atoms with E-state index in [0.29, 0.717) is 5.41 Å². The summed E-state index contributed by atoms with van der Waals surface area (Å²) in [5.41, 5.74) is 0.383. The lowest BCUT2D eigenvalue weighted by Gasteiger charge is -2.19. The van der Waals surface area contributed by atoms with Gasteiger partial charge in [-0.3, -0.25) is 4.99 Å². The predicted molar refractivity (Wildman–Crippen MR) is 88.4 cm³/mol. The van der Waals surface area contributed by atoms with Crippen LogP contribution in [0, 0.1) is 5.41 Å². The molecule has 0 aliphatic heterocycles. The summed E-state index contributed by atoms with van der Waals surface area (Å²) < 4.78 is 0. The Bertz CT molecular complexity index is 197. The molecular weight excluding hydrogens is 325 g/mol. The summed E-state index contributed by atoms with van der Waals surface area (Å²) in [6, 6.07) is 0. The van der Waals surface area contributed by atoms with Crippen LogP contribution in [0.15, 0.2) is 4.99 Å². The second kappa shape index (κ2) is 11.1. The molecule has 17 heavy (non-hydrogen) atoms. The van der Waals surface area contributed by atoms with E-state index < -0.39 is 0 Å². The average molecular weight is 355 g/mol. The molecule has 0 spiro atoms. The predicted octanol–water partition coefficient (Wildman–Crippen LogP) is 3.40. The molecule has 0 unspecified atom stereocenters. The molecule has 3 nitrogen and oxygen atoms in total. The molecule has 0 bridgehead atoms. The Morgan fingerprint density at radius 2 is 1.65 bits per heavy atom. The van der Waals surface area contributed by atoms with Gasteiger partial charge in [-0.25, -0.2) is 0 Å². The molecule has 0 atom stereocenters. The molecule has 0 saturated heterocycles. The number of rotatable bonds is 6. The zero-order chi connectivity index (χ0) is 12.4. The molecule has 2 N–H and O–H groups in total. The highest BCUT2D eigenvalue weighted by molar-refractivity contribution is 14.0. The van der Waals surface area contributed by atoms with Gasteiger partial charge in [0.25, 0.3) is 0 Å². The summed E-state index contributed by atoms with van der Waals surface area (Å²) in [6.45, 7) is 11.0. The third kappa shape index (κ3) is 13.9. The van der Waals surface area contributed by atoms with Crippen molar-refractivity contribution in [2.45, 2.75) is 53.4 Å². The SMILES string of the molecule is CCCCCNC(=NC)NCCC(C)(C)C.I. The molecule has 104 valence electrons. The molecule has 0 fully saturated rings. The van der Waals surface area contributed by atoms with Crippen molar-refractivity contribution >= 4 is 29.9 Å². The van der Waals surface area contributed by atoms with E-state index in [-0.39, 0.29) is 24.0 Å². The van der Waals surface area contributed by atoms with Crippen LogP contribution < -0.4 is 10.6 Å². The van der Waals surface area contributed by atoms with Crippen LogP contribution in [0.1, 0.15) is 53.4 Å². The summed E-state index contributed by atoms with van der Waals surface area (Å²) in [4.78, 5) is 4.20. The minimum Gasteiger partial charge on any atom is -0.356 e. The first kappa shape index (κ1) is 19.3. The van der Waals surface area contributed by atoms with E-state index in [1.54, 1.807) is 0 Å². The molecule has 0 heterocycles. The Kier molecular flexibility index (Phi) is 12.6. The van der Waals surface area contributed by atoms with E-state index in [1.807, 2.05) is 7.05 Å². The van der Waals surface area contributed by atoms with Gasteiger partial charge in [-0.1, -0.05) is 40.5 Å². The van der Waals surface area contributed by atoms with Crippen molar-refractivity contribution in [3.63, 3.8) is 0 Å². The topological polar surface area (TPSA) is 36.4 Å². The number of hydrogen-bond acceptors (Lipinski definition) is 1. The molecule has 0 aromatic heterocycles. The molecule has 0 aromatic rings. The Balaban J connectivity index is 0. The van der Waals surface area contributed by atoms with Gasteiger partial charge in [0.15, 0.2) is 5.96 Å². The van der Waals surface area contributed by atoms with Crippen molar-refractivity contribution in [2.24, 2.45) is 10.4 Å². The summed E-state index contributed by atoms with van der Waals surface area (Å²) in [5.74, 6) is 0.931. The van der Waals surface area contributed by atoms with Gasteiger partial charge in [0.1, 0.15) is 0 Å². The Morgan fingerprint density at radius 1 is 1.06 bits per heavy atom. The molecule has 0 aliphatic carbocycles. The van der Waals surface area contributed by atoms with Gasteiger partial charge < -0.3 is 10.6 Å². The van der Waals surface area contributed by atoms with Crippen LogP contribution in [-0.2, 0) is 0 Å². The fraction of sp³-hybridized carbons (Fsp3) is 0.923. The van der Waals surface area contributed by atoms with Crippen LogP contribution in [-0.4, -0.2) is 26.1 Å². The number of hydrogen-bond donors (Lipinski definition) is 2. The highest BCUT2D eigenvalue weighted by Gasteiger charge is 2.09. The van der Waals surface area contributed by atoms with E-state index in [1.165, 1.54) is 19.3 Å². The van der Waals surface area contributed by atoms with E-state index in [0.717, 1.165) is 25.5 Å². The van der Waals surface area contributed by atoms with Crippen LogP contribution in [0.3, 0.4) is 0 Å². The zero-order valence-corrected chi connectivity index (χ0v) is 14.4. The largest absolute Gasteiger partial charge is 0.356 e. The van der Waals surface area contributed by atoms with Crippen LogP contribution in [0.25, 0.3) is 0 Å². The molecule has 4 heteroatoms. The number of halogens is 1. The molecule has 0 saturated carbocycles. The van der Waals surface area contributed by atoms with Crippen molar-refractivity contribution < 1.29 is 0 Å². The monoisotopic (exact) mass is 355 g/mol. The van der Waals surface area contributed by atoms with Gasteiger partial charge in [-0.2, -0.15) is 0 Å². The third-order valence-corrected chi connectivity index (χ3v) is 2.46. The van der Waals surface area contributed by atoms with Crippen LogP contribution in [0.4, 0.5) is 0 Å². The van der Waals surface area contributed by atoms with E-state index >= 15 is 0 Å². The Labute approximate surface area is 124 Å². The van der Waals surface area contributed by atoms with Crippen molar-refractivity contribution in [3.8, 4) is 0 Å². The zero-order valence-electron chi connectivity index (χ0n) is 12.1. The van der Waals surface area contributed by atoms with E-state index in [2.05, 4.69) is 43.3 Å². The van der Waals surface area contributed by atoms with E-state index in [4.69, 9.17) is 0 Å². The van der Waals surface area contributed by atoms with Crippen LogP contribution in [0.5, 0.6) is 0 Å². The highest BCUT2D eigenvalue weighted by Crippen LogP contribution is 2.16. The Hall–Kier alpha value is 0. The highest BCUT2D eigenvalue weighted by atomic mass is 127. The second-order valence-corrected chi connectivity index (χ2v) is 5.44. The molecular formula is C13H30IN3. The Morgan fingerprint density at radius 3 is 2.12 bits per heavy atom. The molecule has 0 aromatic carbocycles. The first-order valence-electron chi connectivity index (χ1n) is 6.44. The standard InChI is InChI=1S/C13H29N3.HI/c1-6-7-8-10-15-12(14-5)16-11-9-13(2,3)4;/h6-11H2,1-5H3,(H2,14,15,16);1H. The number of nitrogens with one attached hydrogen (secondary N) is 2. The number of aliphatic imine (C=N–C) groups is 1. The van der Waals surface area contributed by atoms with Crippen LogP contribution in [0.2, 0.25) is 0 Å². The third-order valence-electron chi connectivity index (χ3n) is 2.46. The van der Waals surface area contributed by atoms with Crippen LogP contribution >= 0.6 is 24.0 Å². The summed E-state index contributed by atoms with van der Waals surface area (Å²) in [7, 11) is 1.83. The maximum Gasteiger partial charge on any atom is 0.190 e. The van der Waals surface area contributed by atoms with Crippen molar-refractivity contribution in [1.29, 1.82) is 0 Å². The van der Waals surface area contributed by atoms with Gasteiger partial charge >= 0.3 is 0 Å². The minimum absolute atomic E-state index is 0. The average Bonchev–Trinajstić information content (AvgIpc) is 2.20. The molecule has 0 amide bonds. The van der Waals surface area contributed by atoms with Crippen molar-refractivity contribution in [1.82, 2.24) is 10.6 Å². The molecule has 0 aliphatic rings. The van der Waals surface area contributed by atoms with Gasteiger partial charge in [0, 0.05) is 20.1 Å². The summed E-state index contributed by atoms with van der Waals surface area (Å²) in [5, 5.41) is 6.67. The number of guanidine groups is 1. The molecule has 0 rings (SSSR count). The summed E-state index contributed by atoms with van der Waals surface area (Å²) >= 11 is 0. The second-order valence-electron chi connectivity index (χ2n) is 5.44. The quantitative estimate of drug-likeness (QED) is 0.332. The van der Waals surface area contributed by atoms with Gasteiger partial charge in [0.2, 0.25) is 0 Å². The van der Waals surface area contributed by atoms with Gasteiger partial charge in [-0.05, 0) is 18.3 Å². The normalized spacial score (nSPS) is 11.9. The molecule has 0 radical (unpaired) electrons. The number of unbranched alkanes of at least 4 members (excludes halogenated alkanes) is 2. The minimum atomic E-state index is 0. The fourth-order valence-electron chi connectivity index (χ4n) is 1.36. The van der Waals surface area contributed by atoms with Gasteiger partial charge in [0.05, 0.1) is 0 Å². The maximum absolute atomic E-state index is 4.20. The van der Waals surface area contributed by atoms with Crippen molar-refractivity contribution in [2.75, 3.05) is 20.1 Å². The number of nitrogens with zero attached hydrogens (tertiary/aromatic N) is 1. The smallest absolute Gasteiger partial charge is 0.190 e. The lowest BCUT2D eigenvalue weighted by molar-refractivity contribution is 0.377. The first-order chi connectivity index (χ1) is 7.49. The fourth-order valence-corrected chi connectivity index (χ4v) is 1.36. The van der Waals surface area contributed by atoms with Crippen molar-refractivity contribution in [3.05, 3.63) is 0 Å². The van der Waals surface area contributed by atoms with Gasteiger partial charge in [-0.15, -0.1) is 24.0 Å².